The first-order valence-corrected chi connectivity index (χ1v) is 11.1. The predicted molar refractivity (Wildman–Crippen MR) is 118 cm³/mol. The summed E-state index contributed by atoms with van der Waals surface area (Å²) in [5, 5.41) is 3.36. The predicted octanol–water partition coefficient (Wildman–Crippen LogP) is 2.96. The van der Waals surface area contributed by atoms with Crippen molar-refractivity contribution in [3.63, 3.8) is 0 Å². The molecule has 2 aromatic rings. The first-order valence-electron chi connectivity index (χ1n) is 10.0. The summed E-state index contributed by atoms with van der Waals surface area (Å²) in [6.45, 7) is 7.80. The maximum atomic E-state index is 11.9. The number of pyridine rings is 2. The molecule has 3 rings (SSSR count). The smallest absolute Gasteiger partial charge is 0.252 e. The van der Waals surface area contributed by atoms with Crippen LogP contribution in [0.4, 0.5) is 11.6 Å². The topological polar surface area (TPSA) is 121 Å². The van der Waals surface area contributed by atoms with E-state index in [1.54, 1.807) is 18.2 Å². The molecule has 1 fully saturated rings. The number of hydrogen-bond donors (Lipinski definition) is 3. The third kappa shape index (κ3) is 5.14. The summed E-state index contributed by atoms with van der Waals surface area (Å²) >= 11 is -2.08. The van der Waals surface area contributed by atoms with Crippen LogP contribution >= 0.6 is 0 Å². The van der Waals surface area contributed by atoms with Crippen molar-refractivity contribution in [1.82, 2.24) is 9.97 Å². The van der Waals surface area contributed by atoms with Gasteiger partial charge in [-0.05, 0) is 70.2 Å². The lowest BCUT2D eigenvalue weighted by Gasteiger charge is -2.33. The number of carbonyl (C=O) groups is 1. The lowest BCUT2D eigenvalue weighted by atomic mass is 9.93. The van der Waals surface area contributed by atoms with E-state index in [0.717, 1.165) is 38.0 Å². The van der Waals surface area contributed by atoms with Crippen molar-refractivity contribution in [2.45, 2.75) is 50.6 Å². The Morgan fingerprint density at radius 2 is 2.10 bits per heavy atom. The summed E-state index contributed by atoms with van der Waals surface area (Å²) in [7, 11) is 0. The molecule has 2 aromatic heterocycles. The Balaban J connectivity index is 1.60. The van der Waals surface area contributed by atoms with Gasteiger partial charge in [-0.1, -0.05) is 6.07 Å². The average Bonchev–Trinajstić information content (AvgIpc) is 2.99. The molecule has 0 spiro atoms. The largest absolute Gasteiger partial charge is 0.370 e. The van der Waals surface area contributed by atoms with Gasteiger partial charge in [0.25, 0.3) is 5.91 Å². The monoisotopic (exact) mass is 431 g/mol. The van der Waals surface area contributed by atoms with Crippen LogP contribution < -0.4 is 16.0 Å². The summed E-state index contributed by atoms with van der Waals surface area (Å²) < 4.78 is 20.3. The highest BCUT2D eigenvalue weighted by molar-refractivity contribution is 7.79. The van der Waals surface area contributed by atoms with E-state index < -0.39 is 17.0 Å². The molecular formula is C21H29N5O3S. The SMILES string of the molecule is Cc1ccc(C(N)=O)c(N2C[C@@H](CCCNc3cccc(S(=O)O)n3)CC2(C)C)n1. The molecule has 1 saturated heterocycles. The van der Waals surface area contributed by atoms with Crippen LogP contribution in [0.3, 0.4) is 0 Å². The molecule has 30 heavy (non-hydrogen) atoms. The lowest BCUT2D eigenvalue weighted by Crippen LogP contribution is -2.40. The molecular weight excluding hydrogens is 402 g/mol. The van der Waals surface area contributed by atoms with Crippen molar-refractivity contribution in [3.05, 3.63) is 41.6 Å². The maximum Gasteiger partial charge on any atom is 0.252 e. The Kier molecular flexibility index (Phi) is 6.72. The Labute approximate surface area is 179 Å². The van der Waals surface area contributed by atoms with Crippen LogP contribution in [0.2, 0.25) is 0 Å². The minimum atomic E-state index is -2.08. The molecule has 0 aliphatic carbocycles. The second kappa shape index (κ2) is 9.09. The zero-order valence-electron chi connectivity index (χ0n) is 17.6. The molecule has 1 unspecified atom stereocenters. The molecule has 4 N–H and O–H groups in total. The summed E-state index contributed by atoms with van der Waals surface area (Å²) in [6.07, 6.45) is 2.95. The van der Waals surface area contributed by atoms with Gasteiger partial charge in [-0.25, -0.2) is 14.2 Å². The summed E-state index contributed by atoms with van der Waals surface area (Å²) in [5.74, 6) is 1.28. The van der Waals surface area contributed by atoms with E-state index in [4.69, 9.17) is 10.3 Å². The van der Waals surface area contributed by atoms with Crippen molar-refractivity contribution in [3.8, 4) is 0 Å². The van der Waals surface area contributed by atoms with Gasteiger partial charge in [-0.15, -0.1) is 0 Å². The number of nitrogens with two attached hydrogens (primary N) is 1. The fourth-order valence-electron chi connectivity index (χ4n) is 4.11. The summed E-state index contributed by atoms with van der Waals surface area (Å²) in [5.41, 5.74) is 6.78. The molecule has 0 bridgehead atoms. The molecule has 1 aliphatic heterocycles. The zero-order chi connectivity index (χ0) is 21.9. The zero-order valence-corrected chi connectivity index (χ0v) is 18.4. The van der Waals surface area contributed by atoms with Gasteiger partial charge in [0.15, 0.2) is 5.03 Å². The highest BCUT2D eigenvalue weighted by Gasteiger charge is 2.40. The minimum absolute atomic E-state index is 0.121. The third-order valence-electron chi connectivity index (χ3n) is 5.49. The van der Waals surface area contributed by atoms with Crippen LogP contribution in [0, 0.1) is 12.8 Å². The van der Waals surface area contributed by atoms with E-state index in [9.17, 15) is 9.00 Å². The van der Waals surface area contributed by atoms with Gasteiger partial charge in [0.1, 0.15) is 11.6 Å². The average molecular weight is 432 g/mol. The van der Waals surface area contributed by atoms with E-state index in [0.29, 0.717) is 23.1 Å². The highest BCUT2D eigenvalue weighted by atomic mass is 32.2. The number of hydrogen-bond acceptors (Lipinski definition) is 6. The maximum absolute atomic E-state index is 11.9. The van der Waals surface area contributed by atoms with Crippen LogP contribution in [0.5, 0.6) is 0 Å². The van der Waals surface area contributed by atoms with Gasteiger partial charge < -0.3 is 20.5 Å². The minimum Gasteiger partial charge on any atom is -0.370 e. The van der Waals surface area contributed by atoms with Crippen LogP contribution in [-0.2, 0) is 11.1 Å². The number of aryl methyl sites for hydroxylation is 1. The van der Waals surface area contributed by atoms with E-state index in [1.165, 1.54) is 6.07 Å². The van der Waals surface area contributed by atoms with Crippen molar-refractivity contribution in [2.24, 2.45) is 11.7 Å². The molecule has 0 aromatic carbocycles. The van der Waals surface area contributed by atoms with Gasteiger partial charge >= 0.3 is 0 Å². The van der Waals surface area contributed by atoms with Gasteiger partial charge in [0.2, 0.25) is 11.1 Å². The van der Waals surface area contributed by atoms with E-state index >= 15 is 0 Å². The molecule has 3 heterocycles. The summed E-state index contributed by atoms with van der Waals surface area (Å²) in [6, 6.07) is 8.59. The Morgan fingerprint density at radius 3 is 2.80 bits per heavy atom. The summed E-state index contributed by atoms with van der Waals surface area (Å²) in [4.78, 5) is 22.9. The number of aromatic nitrogens is 2. The molecule has 162 valence electrons. The van der Waals surface area contributed by atoms with Gasteiger partial charge in [0, 0.05) is 24.3 Å². The fraction of sp³-hybridized carbons (Fsp3) is 0.476. The van der Waals surface area contributed by atoms with Gasteiger partial charge in [-0.3, -0.25) is 4.79 Å². The Morgan fingerprint density at radius 1 is 1.33 bits per heavy atom. The molecule has 1 aliphatic rings. The van der Waals surface area contributed by atoms with Crippen molar-refractivity contribution < 1.29 is 13.6 Å². The van der Waals surface area contributed by atoms with Crippen LogP contribution in [-0.4, -0.2) is 43.3 Å². The second-order valence-electron chi connectivity index (χ2n) is 8.36. The quantitative estimate of drug-likeness (QED) is 0.434. The van der Waals surface area contributed by atoms with Crippen molar-refractivity contribution >= 4 is 28.6 Å². The van der Waals surface area contributed by atoms with Crippen molar-refractivity contribution in [1.29, 1.82) is 0 Å². The molecule has 9 heteroatoms. The highest BCUT2D eigenvalue weighted by Crippen LogP contribution is 2.39. The lowest BCUT2D eigenvalue weighted by molar-refractivity contribution is 0.100. The molecule has 1 amide bonds. The van der Waals surface area contributed by atoms with Gasteiger partial charge in [0.05, 0.1) is 5.56 Å². The number of rotatable bonds is 8. The number of amides is 1. The first kappa shape index (κ1) is 22.2. The molecule has 2 atom stereocenters. The second-order valence-corrected chi connectivity index (χ2v) is 9.28. The van der Waals surface area contributed by atoms with E-state index in [2.05, 4.69) is 34.0 Å². The standard InChI is InChI=1S/C21H29N5O3S/c1-14-9-10-16(19(22)27)20(24-14)26-13-15(12-21(26,2)3)6-5-11-23-17-7-4-8-18(25-17)30(28)29/h4,7-10,15H,5-6,11-13H2,1-3H3,(H2,22,27)(H,23,25)(H,28,29)/t15-/m0/s1. The van der Waals surface area contributed by atoms with E-state index in [-0.39, 0.29) is 10.6 Å². The number of nitrogens with zero attached hydrogens (tertiary/aromatic N) is 3. The van der Waals surface area contributed by atoms with Crippen LogP contribution in [0.15, 0.2) is 35.4 Å². The fourth-order valence-corrected chi connectivity index (χ4v) is 4.48. The number of primary amides is 1. The van der Waals surface area contributed by atoms with E-state index in [1.807, 2.05) is 13.0 Å². The van der Waals surface area contributed by atoms with Crippen molar-refractivity contribution in [2.75, 3.05) is 23.3 Å². The molecule has 0 radical (unpaired) electrons. The molecule has 8 nitrogen and oxygen atoms in total. The Bertz CT molecular complexity index is 950. The first-order chi connectivity index (χ1) is 14.2. The van der Waals surface area contributed by atoms with Crippen LogP contribution in [0.1, 0.15) is 49.2 Å². The number of carbonyl (C=O) groups excluding carboxylic acids is 1. The third-order valence-corrected chi connectivity index (χ3v) is 6.08. The number of anilines is 2. The van der Waals surface area contributed by atoms with Gasteiger partial charge in [-0.2, -0.15) is 0 Å². The Hall–Kier alpha value is -2.52. The number of nitrogens with one attached hydrogen (secondary N) is 1. The molecule has 0 saturated carbocycles. The van der Waals surface area contributed by atoms with Crippen LogP contribution in [0.25, 0.3) is 0 Å². The normalized spacial score (nSPS) is 18.9.